The molecule has 30 heavy (non-hydrogen) atoms. The summed E-state index contributed by atoms with van der Waals surface area (Å²) >= 11 is 1.77. The topological polar surface area (TPSA) is 37.0 Å². The average molecular weight is 432 g/mol. The van der Waals surface area contributed by atoms with Crippen LogP contribution < -0.4 is 10.1 Å². The van der Waals surface area contributed by atoms with E-state index >= 15 is 0 Å². The number of thiophene rings is 1. The van der Waals surface area contributed by atoms with Crippen LogP contribution in [-0.2, 0) is 11.3 Å². The number of piperazine rings is 1. The third-order valence-corrected chi connectivity index (χ3v) is 6.44. The molecular weight excluding hydrogens is 394 g/mol. The second-order valence-corrected chi connectivity index (χ2v) is 9.14. The van der Waals surface area contributed by atoms with E-state index in [4.69, 9.17) is 9.47 Å². The van der Waals surface area contributed by atoms with Gasteiger partial charge >= 0.3 is 0 Å². The van der Waals surface area contributed by atoms with Gasteiger partial charge in [0.25, 0.3) is 0 Å². The Balaban J connectivity index is 1.55. The predicted molar refractivity (Wildman–Crippen MR) is 125 cm³/mol. The molecule has 0 spiro atoms. The van der Waals surface area contributed by atoms with E-state index in [0.717, 1.165) is 64.6 Å². The lowest BCUT2D eigenvalue weighted by Crippen LogP contribution is -2.46. The molecule has 1 fully saturated rings. The van der Waals surface area contributed by atoms with Crippen LogP contribution in [0.15, 0.2) is 41.8 Å². The Morgan fingerprint density at radius 2 is 1.80 bits per heavy atom. The fourth-order valence-corrected chi connectivity index (χ4v) is 4.53. The average Bonchev–Trinajstić information content (AvgIpc) is 3.28. The van der Waals surface area contributed by atoms with Crippen molar-refractivity contribution in [3.05, 3.63) is 52.2 Å². The van der Waals surface area contributed by atoms with E-state index in [9.17, 15) is 0 Å². The van der Waals surface area contributed by atoms with E-state index in [-0.39, 0.29) is 6.10 Å². The number of rotatable bonds is 12. The van der Waals surface area contributed by atoms with Crippen molar-refractivity contribution >= 4 is 11.3 Å². The fraction of sp³-hybridized carbons (Fsp3) is 0.583. The van der Waals surface area contributed by atoms with Gasteiger partial charge in [-0.05, 0) is 45.0 Å². The molecule has 0 radical (unpaired) electrons. The van der Waals surface area contributed by atoms with E-state index in [1.807, 2.05) is 7.05 Å². The summed E-state index contributed by atoms with van der Waals surface area (Å²) in [6.45, 7) is 12.3. The van der Waals surface area contributed by atoms with Crippen LogP contribution in [0.5, 0.6) is 5.75 Å². The molecule has 0 saturated carbocycles. The van der Waals surface area contributed by atoms with Crippen LogP contribution in [0.4, 0.5) is 0 Å². The molecule has 1 aliphatic rings. The van der Waals surface area contributed by atoms with Crippen molar-refractivity contribution in [2.75, 3.05) is 52.9 Å². The maximum absolute atomic E-state index is 6.55. The first-order valence-corrected chi connectivity index (χ1v) is 12.0. The van der Waals surface area contributed by atoms with Gasteiger partial charge in [-0.1, -0.05) is 24.3 Å². The monoisotopic (exact) mass is 431 g/mol. The van der Waals surface area contributed by atoms with Crippen molar-refractivity contribution in [2.24, 2.45) is 0 Å². The quantitative estimate of drug-likeness (QED) is 0.549. The highest BCUT2D eigenvalue weighted by atomic mass is 32.1. The second kappa shape index (κ2) is 12.4. The van der Waals surface area contributed by atoms with Crippen molar-refractivity contribution in [1.82, 2.24) is 15.1 Å². The molecule has 0 aliphatic carbocycles. The molecule has 3 rings (SSSR count). The van der Waals surface area contributed by atoms with Gasteiger partial charge in [0.05, 0.1) is 12.7 Å². The Kier molecular flexibility index (Phi) is 9.62. The molecule has 1 unspecified atom stereocenters. The Bertz CT molecular complexity index is 715. The molecule has 1 aromatic carbocycles. The summed E-state index contributed by atoms with van der Waals surface area (Å²) < 4.78 is 12.2. The van der Waals surface area contributed by atoms with Crippen molar-refractivity contribution in [1.29, 1.82) is 0 Å². The molecule has 2 aromatic rings. The molecule has 1 atom stereocenters. The third kappa shape index (κ3) is 7.36. The van der Waals surface area contributed by atoms with Crippen LogP contribution >= 0.6 is 11.3 Å². The van der Waals surface area contributed by atoms with Crippen LogP contribution in [0.2, 0.25) is 0 Å². The molecule has 0 amide bonds. The van der Waals surface area contributed by atoms with Crippen LogP contribution in [0.3, 0.4) is 0 Å². The lowest BCUT2D eigenvalue weighted by atomic mass is 10.1. The van der Waals surface area contributed by atoms with E-state index < -0.39 is 0 Å². The predicted octanol–water partition coefficient (Wildman–Crippen LogP) is 4.02. The van der Waals surface area contributed by atoms with E-state index in [1.165, 1.54) is 10.4 Å². The number of benzene rings is 1. The van der Waals surface area contributed by atoms with Gasteiger partial charge in [-0.15, -0.1) is 11.3 Å². The summed E-state index contributed by atoms with van der Waals surface area (Å²) in [6, 6.07) is 12.8. The van der Waals surface area contributed by atoms with Crippen molar-refractivity contribution in [3.8, 4) is 5.75 Å². The number of nitrogens with zero attached hydrogens (tertiary/aromatic N) is 2. The zero-order valence-electron chi connectivity index (χ0n) is 18.7. The van der Waals surface area contributed by atoms with Crippen molar-refractivity contribution in [2.45, 2.75) is 39.0 Å². The molecule has 6 heteroatoms. The Morgan fingerprint density at radius 3 is 2.50 bits per heavy atom. The molecule has 1 N–H and O–H groups in total. The maximum atomic E-state index is 6.55. The van der Waals surface area contributed by atoms with E-state index in [0.29, 0.717) is 6.10 Å². The minimum atomic E-state index is 0.0939. The minimum absolute atomic E-state index is 0.0939. The molecule has 0 bridgehead atoms. The summed E-state index contributed by atoms with van der Waals surface area (Å²) in [5.74, 6) is 1.01. The van der Waals surface area contributed by atoms with Gasteiger partial charge in [0.15, 0.2) is 0 Å². The van der Waals surface area contributed by atoms with Gasteiger partial charge in [-0.3, -0.25) is 9.80 Å². The third-order valence-electron chi connectivity index (χ3n) is 5.48. The van der Waals surface area contributed by atoms with Crippen LogP contribution in [0, 0.1) is 0 Å². The second-order valence-electron chi connectivity index (χ2n) is 8.16. The normalized spacial score (nSPS) is 16.8. The number of hydrogen-bond donors (Lipinski definition) is 1. The highest BCUT2D eigenvalue weighted by molar-refractivity contribution is 7.10. The molecular formula is C24H37N3O2S. The smallest absolute Gasteiger partial charge is 0.134 e. The van der Waals surface area contributed by atoms with Crippen LogP contribution in [0.25, 0.3) is 0 Å². The first-order chi connectivity index (χ1) is 14.7. The highest BCUT2D eigenvalue weighted by Crippen LogP contribution is 2.30. The number of nitrogens with one attached hydrogen (secondary N) is 1. The standard InChI is InChI=1S/C24H37N3O2S/c1-20(2)28-17-16-26-12-14-27(15-13-26)19-21-7-4-5-8-22(21)29-23(10-11-25-3)24-9-6-18-30-24/h4-9,18,20,23,25H,10-17,19H2,1-3H3. The van der Waals surface area contributed by atoms with Gasteiger partial charge in [0.1, 0.15) is 11.9 Å². The van der Waals surface area contributed by atoms with Crippen molar-refractivity contribution in [3.63, 3.8) is 0 Å². The SMILES string of the molecule is CNCCC(Oc1ccccc1CN1CCN(CCOC(C)C)CC1)c1cccs1. The lowest BCUT2D eigenvalue weighted by Gasteiger charge is -2.35. The number of para-hydroxylation sites is 1. The van der Waals surface area contributed by atoms with Gasteiger partial charge in [-0.2, -0.15) is 0 Å². The van der Waals surface area contributed by atoms with Crippen LogP contribution in [0.1, 0.15) is 36.8 Å². The Labute approximate surface area is 186 Å². The summed E-state index contributed by atoms with van der Waals surface area (Å²) in [4.78, 5) is 6.33. The lowest BCUT2D eigenvalue weighted by molar-refractivity contribution is 0.0436. The molecule has 166 valence electrons. The van der Waals surface area contributed by atoms with Gasteiger partial charge in [0.2, 0.25) is 0 Å². The van der Waals surface area contributed by atoms with Crippen molar-refractivity contribution < 1.29 is 9.47 Å². The first-order valence-electron chi connectivity index (χ1n) is 11.1. The maximum Gasteiger partial charge on any atom is 0.134 e. The zero-order valence-corrected chi connectivity index (χ0v) is 19.5. The zero-order chi connectivity index (χ0) is 21.2. The molecule has 1 saturated heterocycles. The minimum Gasteiger partial charge on any atom is -0.485 e. The summed E-state index contributed by atoms with van der Waals surface area (Å²) in [5, 5.41) is 5.38. The summed E-state index contributed by atoms with van der Waals surface area (Å²) in [6.07, 6.45) is 1.37. The van der Waals surface area contributed by atoms with Gasteiger partial charge < -0.3 is 14.8 Å². The number of ether oxygens (including phenoxy) is 2. The van der Waals surface area contributed by atoms with Gasteiger partial charge in [-0.25, -0.2) is 0 Å². The van der Waals surface area contributed by atoms with E-state index in [1.54, 1.807) is 11.3 Å². The number of hydrogen-bond acceptors (Lipinski definition) is 6. The summed E-state index contributed by atoms with van der Waals surface area (Å²) in [5.41, 5.74) is 1.28. The Hall–Kier alpha value is -1.44. The molecule has 1 aromatic heterocycles. The molecule has 1 aliphatic heterocycles. The highest BCUT2D eigenvalue weighted by Gasteiger charge is 2.20. The Morgan fingerprint density at radius 1 is 1.03 bits per heavy atom. The largest absolute Gasteiger partial charge is 0.485 e. The van der Waals surface area contributed by atoms with Crippen LogP contribution in [-0.4, -0.2) is 68.8 Å². The molecule has 2 heterocycles. The fourth-order valence-electron chi connectivity index (χ4n) is 3.74. The first kappa shape index (κ1) is 23.2. The van der Waals surface area contributed by atoms with Gasteiger partial charge in [0, 0.05) is 56.1 Å². The van der Waals surface area contributed by atoms with E-state index in [2.05, 4.69) is 70.7 Å². The molecule has 5 nitrogen and oxygen atoms in total. The summed E-state index contributed by atoms with van der Waals surface area (Å²) in [7, 11) is 1.99.